The molecule has 0 aromatic heterocycles. The van der Waals surface area contributed by atoms with Gasteiger partial charge in [-0.25, -0.2) is 0 Å². The van der Waals surface area contributed by atoms with Gasteiger partial charge >= 0.3 is 0 Å². The Balaban J connectivity index is 3.21. The van der Waals surface area contributed by atoms with E-state index in [4.69, 9.17) is 0 Å². The van der Waals surface area contributed by atoms with Gasteiger partial charge in [0.1, 0.15) is 0 Å². The zero-order valence-corrected chi connectivity index (χ0v) is 9.69. The first kappa shape index (κ1) is 12.7. The number of unbranched alkanes of at least 4 members (excludes halogenated alkanes) is 1. The van der Waals surface area contributed by atoms with Crippen molar-refractivity contribution in [1.82, 2.24) is 5.32 Å². The predicted molar refractivity (Wildman–Crippen MR) is 61.0 cm³/mol. The van der Waals surface area contributed by atoms with E-state index in [0.29, 0.717) is 12.0 Å². The second-order valence-electron chi connectivity index (χ2n) is 4.38. The molecule has 1 heteroatoms. The molecule has 78 valence electrons. The molecular weight excluding hydrogens is 158 g/mol. The molecule has 0 spiro atoms. The largest absolute Gasteiger partial charge is 0.315 e. The van der Waals surface area contributed by atoms with Crippen molar-refractivity contribution in [1.29, 1.82) is 0 Å². The van der Waals surface area contributed by atoms with Crippen LogP contribution in [-0.4, -0.2) is 12.6 Å². The van der Waals surface area contributed by atoms with Crippen molar-refractivity contribution in [3.63, 3.8) is 0 Å². The standard InChI is InChI=1S/C12H25N/c1-10(2)12(5)8-6-7-9-13-11(3)4/h10-11,13H,5-9H2,1-4H3. The van der Waals surface area contributed by atoms with Gasteiger partial charge in [-0.3, -0.25) is 0 Å². The van der Waals surface area contributed by atoms with Gasteiger partial charge in [0.05, 0.1) is 0 Å². The maximum absolute atomic E-state index is 4.07. The van der Waals surface area contributed by atoms with Crippen LogP contribution in [0, 0.1) is 5.92 Å². The highest BCUT2D eigenvalue weighted by Gasteiger charge is 1.99. The number of hydrogen-bond acceptors (Lipinski definition) is 1. The summed E-state index contributed by atoms with van der Waals surface area (Å²) in [4.78, 5) is 0. The Labute approximate surface area is 83.6 Å². The van der Waals surface area contributed by atoms with E-state index >= 15 is 0 Å². The summed E-state index contributed by atoms with van der Waals surface area (Å²) in [6, 6.07) is 0.619. The van der Waals surface area contributed by atoms with Crippen LogP contribution in [0.25, 0.3) is 0 Å². The predicted octanol–water partition coefficient (Wildman–Crippen LogP) is 3.37. The van der Waals surface area contributed by atoms with Crippen molar-refractivity contribution >= 4 is 0 Å². The van der Waals surface area contributed by atoms with Crippen LogP contribution in [-0.2, 0) is 0 Å². The molecular formula is C12H25N. The smallest absolute Gasteiger partial charge is 0.00103 e. The zero-order chi connectivity index (χ0) is 10.3. The summed E-state index contributed by atoms with van der Waals surface area (Å²) in [5, 5.41) is 3.42. The highest BCUT2D eigenvalue weighted by molar-refractivity contribution is 4.96. The lowest BCUT2D eigenvalue weighted by Crippen LogP contribution is -2.23. The van der Waals surface area contributed by atoms with E-state index in [0.717, 1.165) is 6.54 Å². The van der Waals surface area contributed by atoms with Crippen molar-refractivity contribution in [2.75, 3.05) is 6.54 Å². The molecule has 0 bridgehead atoms. The highest BCUT2D eigenvalue weighted by atomic mass is 14.9. The van der Waals surface area contributed by atoms with Crippen LogP contribution in [0.4, 0.5) is 0 Å². The van der Waals surface area contributed by atoms with E-state index in [9.17, 15) is 0 Å². The number of allylic oxidation sites excluding steroid dienone is 1. The molecule has 0 saturated heterocycles. The number of nitrogens with one attached hydrogen (secondary N) is 1. The van der Waals surface area contributed by atoms with E-state index in [-0.39, 0.29) is 0 Å². The van der Waals surface area contributed by atoms with Gasteiger partial charge in [0.25, 0.3) is 0 Å². The number of hydrogen-bond donors (Lipinski definition) is 1. The fourth-order valence-corrected chi connectivity index (χ4v) is 1.16. The van der Waals surface area contributed by atoms with Crippen molar-refractivity contribution in [3.05, 3.63) is 12.2 Å². The molecule has 0 amide bonds. The summed E-state index contributed by atoms with van der Waals surface area (Å²) >= 11 is 0. The van der Waals surface area contributed by atoms with Crippen LogP contribution in [0.2, 0.25) is 0 Å². The molecule has 0 aliphatic rings. The lowest BCUT2D eigenvalue weighted by atomic mass is 9.99. The summed E-state index contributed by atoms with van der Waals surface area (Å²) in [5.41, 5.74) is 1.39. The first-order valence-electron chi connectivity index (χ1n) is 5.45. The van der Waals surface area contributed by atoms with Gasteiger partial charge in [-0.05, 0) is 31.7 Å². The molecule has 0 radical (unpaired) electrons. The quantitative estimate of drug-likeness (QED) is 0.471. The third-order valence-corrected chi connectivity index (χ3v) is 2.29. The minimum absolute atomic E-state index is 0.619. The topological polar surface area (TPSA) is 12.0 Å². The van der Waals surface area contributed by atoms with Crippen LogP contribution >= 0.6 is 0 Å². The third-order valence-electron chi connectivity index (χ3n) is 2.29. The summed E-state index contributed by atoms with van der Waals surface area (Å²) in [6.45, 7) is 14.0. The van der Waals surface area contributed by atoms with Crippen molar-refractivity contribution < 1.29 is 0 Å². The summed E-state index contributed by atoms with van der Waals surface area (Å²) < 4.78 is 0. The van der Waals surface area contributed by atoms with E-state index in [1.807, 2.05) is 0 Å². The lowest BCUT2D eigenvalue weighted by Gasteiger charge is -2.10. The van der Waals surface area contributed by atoms with Gasteiger partial charge in [0, 0.05) is 6.04 Å². The summed E-state index contributed by atoms with van der Waals surface area (Å²) in [7, 11) is 0. The SMILES string of the molecule is C=C(CCCCNC(C)C)C(C)C. The Hall–Kier alpha value is -0.300. The molecule has 0 unspecified atom stereocenters. The van der Waals surface area contributed by atoms with Crippen LogP contribution in [0.15, 0.2) is 12.2 Å². The monoisotopic (exact) mass is 183 g/mol. The first-order valence-corrected chi connectivity index (χ1v) is 5.45. The molecule has 0 heterocycles. The Morgan fingerprint density at radius 2 is 1.77 bits per heavy atom. The van der Waals surface area contributed by atoms with Crippen LogP contribution in [0.3, 0.4) is 0 Å². The van der Waals surface area contributed by atoms with E-state index in [1.165, 1.54) is 24.8 Å². The Morgan fingerprint density at radius 1 is 1.15 bits per heavy atom. The minimum atomic E-state index is 0.619. The Bertz CT molecular complexity index is 136. The van der Waals surface area contributed by atoms with E-state index < -0.39 is 0 Å². The molecule has 1 N–H and O–H groups in total. The highest BCUT2D eigenvalue weighted by Crippen LogP contribution is 2.13. The maximum atomic E-state index is 4.07. The fourth-order valence-electron chi connectivity index (χ4n) is 1.16. The lowest BCUT2D eigenvalue weighted by molar-refractivity contribution is 0.550. The molecule has 1 nitrogen and oxygen atoms in total. The average Bonchev–Trinajstić information content (AvgIpc) is 2.02. The van der Waals surface area contributed by atoms with Gasteiger partial charge in [-0.1, -0.05) is 39.8 Å². The average molecular weight is 183 g/mol. The molecule has 0 aromatic rings. The van der Waals surface area contributed by atoms with Gasteiger partial charge in [-0.15, -0.1) is 0 Å². The molecule has 0 atom stereocenters. The summed E-state index contributed by atoms with van der Waals surface area (Å²) in [5.74, 6) is 0.651. The first-order chi connectivity index (χ1) is 6.04. The number of rotatable bonds is 7. The van der Waals surface area contributed by atoms with E-state index in [1.54, 1.807) is 0 Å². The van der Waals surface area contributed by atoms with Gasteiger partial charge in [0.2, 0.25) is 0 Å². The minimum Gasteiger partial charge on any atom is -0.315 e. The molecule has 0 fully saturated rings. The molecule has 0 aliphatic carbocycles. The molecule has 0 rings (SSSR count). The van der Waals surface area contributed by atoms with Crippen molar-refractivity contribution in [3.8, 4) is 0 Å². The normalized spacial score (nSPS) is 11.2. The van der Waals surface area contributed by atoms with E-state index in [2.05, 4.69) is 39.6 Å². The fraction of sp³-hybridized carbons (Fsp3) is 0.833. The molecule has 0 aliphatic heterocycles. The molecule has 0 saturated carbocycles. The van der Waals surface area contributed by atoms with Crippen LogP contribution in [0.1, 0.15) is 47.0 Å². The van der Waals surface area contributed by atoms with Crippen LogP contribution < -0.4 is 5.32 Å². The Kier molecular flexibility index (Phi) is 6.97. The third kappa shape index (κ3) is 8.04. The second-order valence-corrected chi connectivity index (χ2v) is 4.38. The van der Waals surface area contributed by atoms with Crippen molar-refractivity contribution in [2.45, 2.75) is 53.0 Å². The zero-order valence-electron chi connectivity index (χ0n) is 9.69. The van der Waals surface area contributed by atoms with Crippen molar-refractivity contribution in [2.24, 2.45) is 5.92 Å². The van der Waals surface area contributed by atoms with Crippen LogP contribution in [0.5, 0.6) is 0 Å². The second kappa shape index (κ2) is 7.14. The Morgan fingerprint density at radius 3 is 2.23 bits per heavy atom. The maximum Gasteiger partial charge on any atom is 0.00103 e. The van der Waals surface area contributed by atoms with Gasteiger partial charge in [-0.2, -0.15) is 0 Å². The molecule has 13 heavy (non-hydrogen) atoms. The van der Waals surface area contributed by atoms with Gasteiger partial charge in [0.15, 0.2) is 0 Å². The molecule has 0 aromatic carbocycles. The van der Waals surface area contributed by atoms with Gasteiger partial charge < -0.3 is 5.32 Å². The summed E-state index contributed by atoms with van der Waals surface area (Å²) in [6.07, 6.45) is 3.73.